The maximum absolute atomic E-state index is 14.5. The Morgan fingerprint density at radius 3 is 2.85 bits per heavy atom. The van der Waals surface area contributed by atoms with Gasteiger partial charge in [0.25, 0.3) is 11.8 Å². The number of rotatable bonds is 3. The highest BCUT2D eigenvalue weighted by Gasteiger charge is 2.45. The number of carbonyl (C=O) groups is 2. The molecule has 2 fully saturated rings. The fourth-order valence-electron chi connectivity index (χ4n) is 5.76. The Hall–Kier alpha value is -3.74. The summed E-state index contributed by atoms with van der Waals surface area (Å²) in [5.41, 5.74) is 2.90. The molecule has 7 heteroatoms. The molecule has 1 saturated heterocycles. The van der Waals surface area contributed by atoms with E-state index in [1.54, 1.807) is 12.3 Å². The van der Waals surface area contributed by atoms with Gasteiger partial charge in [0.1, 0.15) is 11.4 Å². The van der Waals surface area contributed by atoms with Crippen LogP contribution in [-0.4, -0.2) is 40.8 Å². The van der Waals surface area contributed by atoms with Gasteiger partial charge in [0, 0.05) is 42.0 Å². The van der Waals surface area contributed by atoms with E-state index >= 15 is 0 Å². The number of furan rings is 1. The number of amides is 2. The van der Waals surface area contributed by atoms with Gasteiger partial charge in [-0.1, -0.05) is 12.1 Å². The Bertz CT molecular complexity index is 1450. The zero-order chi connectivity index (χ0) is 23.4. The highest BCUT2D eigenvalue weighted by atomic mass is 19.1. The van der Waals surface area contributed by atoms with Crippen LogP contribution in [-0.2, 0) is 0 Å². The maximum atomic E-state index is 14.5. The molecule has 6 nitrogen and oxygen atoms in total. The van der Waals surface area contributed by atoms with Gasteiger partial charge in [-0.25, -0.2) is 4.39 Å². The Morgan fingerprint density at radius 1 is 1.09 bits per heavy atom. The standard InChI is InChI=1S/C27H24FN3O3/c1-15-4-6-19(25-17(15)3-2-11-29-25)27(33)31-13-16-5-8-22(20(16)14-31)30-26(32)24-18-10-12-34-23(18)9-7-21(24)28/h2-4,6-7,9-12,16,20,22H,5,8,13-14H2,1H3,(H,30,32). The predicted molar refractivity (Wildman–Crippen MR) is 126 cm³/mol. The number of halogens is 1. The van der Waals surface area contributed by atoms with E-state index in [-0.39, 0.29) is 23.4 Å². The van der Waals surface area contributed by atoms with Crippen molar-refractivity contribution in [2.75, 3.05) is 13.1 Å². The number of hydrogen-bond donors (Lipinski definition) is 1. The molecule has 3 unspecified atom stereocenters. The van der Waals surface area contributed by atoms with E-state index < -0.39 is 11.7 Å². The minimum Gasteiger partial charge on any atom is -0.464 e. The minimum atomic E-state index is -0.567. The first-order valence-electron chi connectivity index (χ1n) is 11.6. The Balaban J connectivity index is 1.22. The second-order valence-corrected chi connectivity index (χ2v) is 9.38. The Morgan fingerprint density at radius 2 is 1.97 bits per heavy atom. The van der Waals surface area contributed by atoms with Gasteiger partial charge < -0.3 is 14.6 Å². The minimum absolute atomic E-state index is 0.0119. The van der Waals surface area contributed by atoms with Gasteiger partial charge in [0.05, 0.1) is 22.9 Å². The molecule has 4 aromatic rings. The number of aryl methyl sites for hydroxylation is 1. The van der Waals surface area contributed by atoms with E-state index in [4.69, 9.17) is 4.42 Å². The number of nitrogens with one attached hydrogen (secondary N) is 1. The van der Waals surface area contributed by atoms with E-state index in [1.165, 1.54) is 18.4 Å². The number of likely N-dealkylation sites (tertiary alicyclic amines) is 1. The maximum Gasteiger partial charge on any atom is 0.256 e. The summed E-state index contributed by atoms with van der Waals surface area (Å²) in [7, 11) is 0. The molecule has 2 aromatic carbocycles. The molecule has 3 heterocycles. The van der Waals surface area contributed by atoms with Crippen LogP contribution in [0.25, 0.3) is 21.9 Å². The first-order chi connectivity index (χ1) is 16.5. The number of fused-ring (bicyclic) bond motifs is 3. The Labute approximate surface area is 195 Å². The summed E-state index contributed by atoms with van der Waals surface area (Å²) in [6.07, 6.45) is 4.91. The second kappa shape index (κ2) is 7.94. The monoisotopic (exact) mass is 457 g/mol. The molecule has 2 amide bonds. The Kier molecular flexibility index (Phi) is 4.86. The third-order valence-electron chi connectivity index (χ3n) is 7.49. The van der Waals surface area contributed by atoms with Crippen LogP contribution in [0.1, 0.15) is 39.1 Å². The third-order valence-corrected chi connectivity index (χ3v) is 7.49. The summed E-state index contributed by atoms with van der Waals surface area (Å²) < 4.78 is 19.9. The number of aromatic nitrogens is 1. The molecule has 1 saturated carbocycles. The van der Waals surface area contributed by atoms with Gasteiger partial charge in [0.15, 0.2) is 0 Å². The molecule has 0 bridgehead atoms. The summed E-state index contributed by atoms with van der Waals surface area (Å²) in [4.78, 5) is 32.9. The molecule has 1 N–H and O–H groups in total. The first kappa shape index (κ1) is 20.8. The van der Waals surface area contributed by atoms with Crippen LogP contribution in [0.4, 0.5) is 4.39 Å². The average Bonchev–Trinajstić information content (AvgIpc) is 3.56. The molecule has 3 atom stereocenters. The molecule has 6 rings (SSSR count). The number of nitrogens with zero attached hydrogens (tertiary/aromatic N) is 2. The average molecular weight is 458 g/mol. The van der Waals surface area contributed by atoms with Crippen LogP contribution in [0.2, 0.25) is 0 Å². The quantitative estimate of drug-likeness (QED) is 0.484. The normalized spacial score (nSPS) is 21.8. The molecule has 172 valence electrons. The largest absolute Gasteiger partial charge is 0.464 e. The van der Waals surface area contributed by atoms with Crippen LogP contribution in [0.15, 0.2) is 59.3 Å². The number of hydrogen-bond acceptors (Lipinski definition) is 4. The van der Waals surface area contributed by atoms with Crippen LogP contribution >= 0.6 is 0 Å². The smallest absolute Gasteiger partial charge is 0.256 e. The highest BCUT2D eigenvalue weighted by molar-refractivity contribution is 6.07. The number of benzene rings is 2. The molecular weight excluding hydrogens is 433 g/mol. The fourth-order valence-corrected chi connectivity index (χ4v) is 5.76. The van der Waals surface area contributed by atoms with E-state index in [9.17, 15) is 14.0 Å². The van der Waals surface area contributed by atoms with Crippen molar-refractivity contribution in [1.82, 2.24) is 15.2 Å². The highest BCUT2D eigenvalue weighted by Crippen LogP contribution is 2.39. The first-order valence-corrected chi connectivity index (χ1v) is 11.6. The van der Waals surface area contributed by atoms with Gasteiger partial charge in [-0.2, -0.15) is 0 Å². The zero-order valence-corrected chi connectivity index (χ0v) is 18.8. The van der Waals surface area contributed by atoms with Crippen molar-refractivity contribution in [1.29, 1.82) is 0 Å². The van der Waals surface area contributed by atoms with Crippen LogP contribution in [0.5, 0.6) is 0 Å². The molecule has 1 aliphatic carbocycles. The van der Waals surface area contributed by atoms with Crippen molar-refractivity contribution in [2.45, 2.75) is 25.8 Å². The number of carbonyl (C=O) groups excluding carboxylic acids is 2. The third kappa shape index (κ3) is 3.26. The zero-order valence-electron chi connectivity index (χ0n) is 18.8. The summed E-state index contributed by atoms with van der Waals surface area (Å²) >= 11 is 0. The fraction of sp³-hybridized carbons (Fsp3) is 0.296. The lowest BCUT2D eigenvalue weighted by molar-refractivity contribution is 0.0779. The van der Waals surface area contributed by atoms with Gasteiger partial charge in [-0.3, -0.25) is 14.6 Å². The van der Waals surface area contributed by atoms with E-state index in [1.807, 2.05) is 36.1 Å². The van der Waals surface area contributed by atoms with Gasteiger partial charge in [0.2, 0.25) is 0 Å². The summed E-state index contributed by atoms with van der Waals surface area (Å²) in [6, 6.07) is 12.0. The van der Waals surface area contributed by atoms with Crippen LogP contribution < -0.4 is 5.32 Å². The van der Waals surface area contributed by atoms with Crippen molar-refractivity contribution in [3.05, 3.63) is 77.4 Å². The van der Waals surface area contributed by atoms with Crippen molar-refractivity contribution in [2.24, 2.45) is 11.8 Å². The van der Waals surface area contributed by atoms with Crippen molar-refractivity contribution < 1.29 is 18.4 Å². The van der Waals surface area contributed by atoms with Crippen LogP contribution in [0.3, 0.4) is 0 Å². The lowest BCUT2D eigenvalue weighted by atomic mass is 9.97. The summed E-state index contributed by atoms with van der Waals surface area (Å²) in [5.74, 6) is -0.577. The van der Waals surface area contributed by atoms with E-state index in [2.05, 4.69) is 10.3 Å². The lowest BCUT2D eigenvalue weighted by Gasteiger charge is -2.22. The van der Waals surface area contributed by atoms with E-state index in [0.717, 1.165) is 29.3 Å². The van der Waals surface area contributed by atoms with Crippen molar-refractivity contribution in [3.8, 4) is 0 Å². The van der Waals surface area contributed by atoms with Gasteiger partial charge in [-0.05, 0) is 61.6 Å². The molecule has 2 aromatic heterocycles. The van der Waals surface area contributed by atoms with E-state index in [0.29, 0.717) is 35.5 Å². The molecule has 2 aliphatic rings. The predicted octanol–water partition coefficient (Wildman–Crippen LogP) is 4.71. The second-order valence-electron chi connectivity index (χ2n) is 9.38. The van der Waals surface area contributed by atoms with Gasteiger partial charge >= 0.3 is 0 Å². The number of pyridine rings is 1. The summed E-state index contributed by atoms with van der Waals surface area (Å²) in [5, 5.41) is 4.50. The molecule has 0 spiro atoms. The molecule has 34 heavy (non-hydrogen) atoms. The molecule has 0 radical (unpaired) electrons. The SMILES string of the molecule is Cc1ccc(C(=O)N2CC3CCC(NC(=O)c4c(F)ccc5occc45)C3C2)c2ncccc12. The topological polar surface area (TPSA) is 75.4 Å². The molecular formula is C27H24FN3O3. The van der Waals surface area contributed by atoms with Gasteiger partial charge in [-0.15, -0.1) is 0 Å². The molecule has 1 aliphatic heterocycles. The lowest BCUT2D eigenvalue weighted by Crippen LogP contribution is -2.40. The van der Waals surface area contributed by atoms with Crippen molar-refractivity contribution >= 4 is 33.7 Å². The van der Waals surface area contributed by atoms with Crippen LogP contribution in [0, 0.1) is 24.6 Å². The van der Waals surface area contributed by atoms with Crippen molar-refractivity contribution in [3.63, 3.8) is 0 Å². The summed E-state index contributed by atoms with van der Waals surface area (Å²) in [6.45, 7) is 3.23.